The van der Waals surface area contributed by atoms with Gasteiger partial charge in [0.05, 0.1) is 4.90 Å². The average Bonchev–Trinajstić information content (AvgIpc) is 3.49. The van der Waals surface area contributed by atoms with Gasteiger partial charge in [-0.2, -0.15) is 0 Å². The maximum Gasteiger partial charge on any atom is 0.300 e. The highest BCUT2D eigenvalue weighted by atomic mass is 32.2. The van der Waals surface area contributed by atoms with Crippen molar-refractivity contribution >= 4 is 32.6 Å². The highest BCUT2D eigenvalue weighted by Gasteiger charge is 2.24. The first-order valence-electron chi connectivity index (χ1n) is 10.5. The fourth-order valence-corrected chi connectivity index (χ4v) is 5.28. The number of benzene rings is 3. The number of hydrogen-bond acceptors (Lipinski definition) is 5. The van der Waals surface area contributed by atoms with Gasteiger partial charge in [0.25, 0.3) is 10.0 Å². The van der Waals surface area contributed by atoms with Gasteiger partial charge in [0.2, 0.25) is 0 Å². The number of sulfonamides is 1. The summed E-state index contributed by atoms with van der Waals surface area (Å²) in [5.41, 5.74) is 2.87. The number of fused-ring (bicyclic) bond motifs is 1. The third kappa shape index (κ3) is 3.87. The van der Waals surface area contributed by atoms with Gasteiger partial charge < -0.3 is 9.32 Å². The summed E-state index contributed by atoms with van der Waals surface area (Å²) in [5.74, 6) is -0.842. The molecular formula is C25H22N2O4S. The first kappa shape index (κ1) is 20.3. The van der Waals surface area contributed by atoms with E-state index in [1.807, 2.05) is 48.5 Å². The maximum absolute atomic E-state index is 13.1. The van der Waals surface area contributed by atoms with Crippen LogP contribution in [0.4, 0.5) is 5.69 Å². The number of furan rings is 1. The zero-order valence-electron chi connectivity index (χ0n) is 17.3. The Hall–Kier alpha value is -3.58. The van der Waals surface area contributed by atoms with E-state index < -0.39 is 15.9 Å². The topological polar surface area (TPSA) is 79.6 Å². The lowest BCUT2D eigenvalue weighted by Crippen LogP contribution is -2.30. The fourth-order valence-electron chi connectivity index (χ4n) is 4.09. The molecule has 1 saturated heterocycles. The Balaban J connectivity index is 1.43. The molecule has 1 amide bonds. The Bertz CT molecular complexity index is 1390. The van der Waals surface area contributed by atoms with E-state index in [0.717, 1.165) is 42.6 Å². The van der Waals surface area contributed by atoms with Gasteiger partial charge in [0.1, 0.15) is 5.58 Å². The molecule has 5 rings (SSSR count). The predicted octanol–water partition coefficient (Wildman–Crippen LogP) is 4.82. The Morgan fingerprint density at radius 1 is 0.875 bits per heavy atom. The van der Waals surface area contributed by atoms with E-state index in [2.05, 4.69) is 9.62 Å². The fraction of sp³-hybridized carbons (Fsp3) is 0.160. The molecule has 162 valence electrons. The zero-order chi connectivity index (χ0) is 22.1. The van der Waals surface area contributed by atoms with Gasteiger partial charge in [0.15, 0.2) is 5.76 Å². The number of nitrogens with one attached hydrogen (secondary N) is 1. The second-order valence-corrected chi connectivity index (χ2v) is 9.47. The zero-order valence-corrected chi connectivity index (χ0v) is 18.1. The summed E-state index contributed by atoms with van der Waals surface area (Å²) in [7, 11) is -4.11. The molecule has 0 atom stereocenters. The molecule has 1 aliphatic heterocycles. The lowest BCUT2D eigenvalue weighted by Gasteiger charge is -2.16. The van der Waals surface area contributed by atoms with Crippen molar-refractivity contribution in [3.05, 3.63) is 84.6 Å². The van der Waals surface area contributed by atoms with Crippen LogP contribution in [0.1, 0.15) is 23.4 Å². The van der Waals surface area contributed by atoms with Gasteiger partial charge in [-0.05, 0) is 42.7 Å². The van der Waals surface area contributed by atoms with Gasteiger partial charge in [-0.3, -0.25) is 4.79 Å². The molecule has 0 saturated carbocycles. The standard InChI is InChI=1S/C25H22N2O4S/c28-25(23-16-19-12-13-20(17-22(19)31-23)27-14-6-7-15-27)26-32(29,30)24-11-5-4-10-21(24)18-8-2-1-3-9-18/h1-5,8-13,16-17H,6-7,14-15H2,(H,26,28). The number of carbonyl (C=O) groups excluding carboxylic acids is 1. The SMILES string of the molecule is O=C(NS(=O)(=O)c1ccccc1-c1ccccc1)c1cc2ccc(N3CCCC3)cc2o1. The number of rotatable bonds is 5. The molecule has 1 N–H and O–H groups in total. The van der Waals surface area contributed by atoms with Crippen molar-refractivity contribution in [3.63, 3.8) is 0 Å². The summed E-state index contributed by atoms with van der Waals surface area (Å²) in [6.07, 6.45) is 2.32. The van der Waals surface area contributed by atoms with Crippen molar-refractivity contribution in [2.45, 2.75) is 17.7 Å². The summed E-state index contributed by atoms with van der Waals surface area (Å²) >= 11 is 0. The average molecular weight is 447 g/mol. The number of nitrogens with zero attached hydrogens (tertiary/aromatic N) is 1. The lowest BCUT2D eigenvalue weighted by atomic mass is 10.1. The summed E-state index contributed by atoms with van der Waals surface area (Å²) < 4.78 is 34.0. The van der Waals surface area contributed by atoms with E-state index in [1.54, 1.807) is 24.3 Å². The highest BCUT2D eigenvalue weighted by molar-refractivity contribution is 7.90. The summed E-state index contributed by atoms with van der Waals surface area (Å²) in [6, 6.07) is 23.1. The molecule has 0 unspecified atom stereocenters. The summed E-state index contributed by atoms with van der Waals surface area (Å²) in [6.45, 7) is 2.00. The molecule has 0 radical (unpaired) electrons. The highest BCUT2D eigenvalue weighted by Crippen LogP contribution is 2.29. The molecule has 4 aromatic rings. The van der Waals surface area contributed by atoms with Crippen molar-refractivity contribution in [1.29, 1.82) is 0 Å². The quantitative estimate of drug-likeness (QED) is 0.476. The van der Waals surface area contributed by atoms with Crippen molar-refractivity contribution in [1.82, 2.24) is 4.72 Å². The van der Waals surface area contributed by atoms with Crippen LogP contribution in [0.25, 0.3) is 22.1 Å². The van der Waals surface area contributed by atoms with Crippen LogP contribution in [-0.2, 0) is 10.0 Å². The summed E-state index contributed by atoms with van der Waals surface area (Å²) in [5, 5.41) is 0.750. The van der Waals surface area contributed by atoms with Crippen molar-refractivity contribution < 1.29 is 17.6 Å². The van der Waals surface area contributed by atoms with Gasteiger partial charge in [-0.1, -0.05) is 48.5 Å². The Morgan fingerprint density at radius 3 is 2.38 bits per heavy atom. The number of hydrogen-bond donors (Lipinski definition) is 1. The van der Waals surface area contributed by atoms with E-state index in [0.29, 0.717) is 11.1 Å². The molecule has 7 heteroatoms. The van der Waals surface area contributed by atoms with Gasteiger partial charge >= 0.3 is 5.91 Å². The van der Waals surface area contributed by atoms with Crippen LogP contribution in [-0.4, -0.2) is 27.4 Å². The molecule has 0 spiro atoms. The van der Waals surface area contributed by atoms with Crippen LogP contribution in [0, 0.1) is 0 Å². The molecular weight excluding hydrogens is 424 g/mol. The van der Waals surface area contributed by atoms with E-state index in [-0.39, 0.29) is 10.7 Å². The molecule has 1 aromatic heterocycles. The first-order chi connectivity index (χ1) is 15.5. The largest absolute Gasteiger partial charge is 0.451 e. The van der Waals surface area contributed by atoms with Crippen LogP contribution in [0.15, 0.2) is 88.2 Å². The molecule has 1 aliphatic rings. The third-order valence-corrected chi connectivity index (χ3v) is 7.08. The monoisotopic (exact) mass is 446 g/mol. The number of anilines is 1. The number of carbonyl (C=O) groups is 1. The van der Waals surface area contributed by atoms with Crippen LogP contribution in [0.2, 0.25) is 0 Å². The second-order valence-electron chi connectivity index (χ2n) is 7.82. The van der Waals surface area contributed by atoms with Crippen LogP contribution in [0.5, 0.6) is 0 Å². The van der Waals surface area contributed by atoms with E-state index in [4.69, 9.17) is 4.42 Å². The van der Waals surface area contributed by atoms with E-state index >= 15 is 0 Å². The third-order valence-electron chi connectivity index (χ3n) is 5.69. The predicted molar refractivity (Wildman–Crippen MR) is 124 cm³/mol. The van der Waals surface area contributed by atoms with E-state index in [9.17, 15) is 13.2 Å². The Labute approximate surface area is 186 Å². The lowest BCUT2D eigenvalue weighted by molar-refractivity contribution is 0.0956. The van der Waals surface area contributed by atoms with Crippen molar-refractivity contribution in [2.24, 2.45) is 0 Å². The summed E-state index contributed by atoms with van der Waals surface area (Å²) in [4.78, 5) is 15.1. The van der Waals surface area contributed by atoms with Gasteiger partial charge in [0, 0.05) is 35.8 Å². The normalized spacial score (nSPS) is 14.1. The molecule has 0 bridgehead atoms. The minimum atomic E-state index is -4.11. The smallest absolute Gasteiger partial charge is 0.300 e. The van der Waals surface area contributed by atoms with Crippen LogP contribution >= 0.6 is 0 Å². The molecule has 3 aromatic carbocycles. The Morgan fingerprint density at radius 2 is 1.59 bits per heavy atom. The second kappa shape index (κ2) is 8.16. The van der Waals surface area contributed by atoms with E-state index in [1.165, 1.54) is 6.07 Å². The Kier molecular flexibility index (Phi) is 5.19. The van der Waals surface area contributed by atoms with Crippen LogP contribution < -0.4 is 9.62 Å². The van der Waals surface area contributed by atoms with Gasteiger partial charge in [-0.15, -0.1) is 0 Å². The molecule has 32 heavy (non-hydrogen) atoms. The van der Waals surface area contributed by atoms with Gasteiger partial charge in [-0.25, -0.2) is 13.1 Å². The molecule has 2 heterocycles. The van der Waals surface area contributed by atoms with Crippen molar-refractivity contribution in [2.75, 3.05) is 18.0 Å². The van der Waals surface area contributed by atoms with Crippen molar-refractivity contribution in [3.8, 4) is 11.1 Å². The molecule has 6 nitrogen and oxygen atoms in total. The minimum Gasteiger partial charge on any atom is -0.451 e. The minimum absolute atomic E-state index is 0.0342. The van der Waals surface area contributed by atoms with Crippen LogP contribution in [0.3, 0.4) is 0 Å². The first-order valence-corrected chi connectivity index (χ1v) is 12.0. The molecule has 0 aliphatic carbocycles. The maximum atomic E-state index is 13.1. The number of amides is 1. The molecule has 1 fully saturated rings.